The lowest BCUT2D eigenvalue weighted by Crippen LogP contribution is -2.32. The van der Waals surface area contributed by atoms with Gasteiger partial charge in [-0.2, -0.15) is 0 Å². The van der Waals surface area contributed by atoms with Gasteiger partial charge in [-0.1, -0.05) is 20.8 Å². The van der Waals surface area contributed by atoms with Gasteiger partial charge in [-0.15, -0.1) is 0 Å². The number of aryl methyl sites for hydroxylation is 1. The maximum absolute atomic E-state index is 11.2. The number of nitrogens with one attached hydrogen (secondary N) is 1. The molecule has 0 aliphatic heterocycles. The van der Waals surface area contributed by atoms with Crippen LogP contribution in [0.25, 0.3) is 11.0 Å². The number of anilines is 1. The lowest BCUT2D eigenvalue weighted by atomic mass is 9.71. The van der Waals surface area contributed by atoms with Gasteiger partial charge < -0.3 is 20.4 Å². The average Bonchev–Trinajstić information content (AvgIpc) is 3.03. The third kappa shape index (κ3) is 5.03. The van der Waals surface area contributed by atoms with E-state index >= 15 is 0 Å². The van der Waals surface area contributed by atoms with Crippen molar-refractivity contribution < 1.29 is 9.53 Å². The highest BCUT2D eigenvalue weighted by atomic mass is 16.5. The van der Waals surface area contributed by atoms with E-state index in [0.29, 0.717) is 28.6 Å². The van der Waals surface area contributed by atoms with Gasteiger partial charge in [0.25, 0.3) is 0 Å². The van der Waals surface area contributed by atoms with Gasteiger partial charge in [-0.3, -0.25) is 9.78 Å². The van der Waals surface area contributed by atoms with E-state index in [2.05, 4.69) is 35.6 Å². The molecule has 2 aromatic heterocycles. The lowest BCUT2D eigenvalue weighted by Gasteiger charge is -2.37. The molecule has 1 aromatic carbocycles. The molecular formula is C25H33N5O2. The number of hydrogen-bond donors (Lipinski definition) is 2. The number of nitrogens with zero attached hydrogens (tertiary/aromatic N) is 3. The molecule has 0 bridgehead atoms. The Labute approximate surface area is 189 Å². The molecule has 3 N–H and O–H groups in total. The van der Waals surface area contributed by atoms with Gasteiger partial charge in [0.05, 0.1) is 23.1 Å². The first-order valence-electron chi connectivity index (χ1n) is 11.3. The molecule has 1 aliphatic carbocycles. The maximum atomic E-state index is 11.2. The molecule has 170 valence electrons. The van der Waals surface area contributed by atoms with Gasteiger partial charge in [0, 0.05) is 31.4 Å². The van der Waals surface area contributed by atoms with Gasteiger partial charge in [-0.05, 0) is 55.2 Å². The Kier molecular flexibility index (Phi) is 6.09. The van der Waals surface area contributed by atoms with E-state index in [4.69, 9.17) is 15.5 Å². The fourth-order valence-electron chi connectivity index (χ4n) is 4.58. The monoisotopic (exact) mass is 435 g/mol. The van der Waals surface area contributed by atoms with Gasteiger partial charge in [-0.25, -0.2) is 4.98 Å². The summed E-state index contributed by atoms with van der Waals surface area (Å²) < 4.78 is 8.10. The highest BCUT2D eigenvalue weighted by Crippen LogP contribution is 2.38. The summed E-state index contributed by atoms with van der Waals surface area (Å²) in [7, 11) is 2.03. The predicted molar refractivity (Wildman–Crippen MR) is 127 cm³/mol. The van der Waals surface area contributed by atoms with Crippen molar-refractivity contribution in [1.82, 2.24) is 14.5 Å². The molecule has 0 spiro atoms. The lowest BCUT2D eigenvalue weighted by molar-refractivity contribution is -0.117. The van der Waals surface area contributed by atoms with E-state index < -0.39 is 5.91 Å². The number of pyridine rings is 1. The van der Waals surface area contributed by atoms with Gasteiger partial charge in [0.2, 0.25) is 11.9 Å². The molecule has 2 heterocycles. The minimum absolute atomic E-state index is 0.0880. The Balaban J connectivity index is 1.47. The molecule has 0 saturated heterocycles. The molecule has 1 fully saturated rings. The van der Waals surface area contributed by atoms with Gasteiger partial charge in [0.1, 0.15) is 11.5 Å². The number of nitrogens with two attached hydrogens (primary N) is 1. The summed E-state index contributed by atoms with van der Waals surface area (Å²) in [6.45, 7) is 7.04. The first-order valence-corrected chi connectivity index (χ1v) is 11.3. The third-order valence-corrected chi connectivity index (χ3v) is 6.52. The molecule has 1 saturated carbocycles. The standard InChI is InChI=1S/C25H33N5O2/c1-25(2,3)16-5-7-17(8-6-16)28-24-29-21-10-9-19(15-22(21)30(24)4)32-20-11-12-27-18(13-20)14-23(26)31/h9-13,15-17H,5-8,14H2,1-4H3,(H2,26,31)(H,28,29). The van der Waals surface area contributed by atoms with E-state index in [1.807, 2.05) is 25.2 Å². The van der Waals surface area contributed by atoms with Gasteiger partial charge in [0.15, 0.2) is 0 Å². The Morgan fingerprint density at radius 1 is 1.16 bits per heavy atom. The van der Waals surface area contributed by atoms with Crippen LogP contribution in [0.5, 0.6) is 11.5 Å². The SMILES string of the molecule is Cn1c(NC2CCC(C(C)(C)C)CC2)nc2ccc(Oc3ccnc(CC(N)=O)c3)cc21. The maximum Gasteiger partial charge on any atom is 0.223 e. The first kappa shape index (κ1) is 22.1. The number of fused-ring (bicyclic) bond motifs is 1. The fourth-order valence-corrected chi connectivity index (χ4v) is 4.58. The molecule has 1 amide bonds. The van der Waals surface area contributed by atoms with Crippen LogP contribution in [0.15, 0.2) is 36.5 Å². The quantitative estimate of drug-likeness (QED) is 0.580. The number of amides is 1. The summed E-state index contributed by atoms with van der Waals surface area (Å²) in [5.74, 6) is 2.58. The summed E-state index contributed by atoms with van der Waals surface area (Å²) >= 11 is 0. The second-order valence-electron chi connectivity index (χ2n) is 9.93. The first-order chi connectivity index (χ1) is 15.2. The van der Waals surface area contributed by atoms with Crippen LogP contribution in [-0.2, 0) is 18.3 Å². The van der Waals surface area contributed by atoms with Crippen molar-refractivity contribution in [2.45, 2.75) is 58.9 Å². The number of hydrogen-bond acceptors (Lipinski definition) is 5. The summed E-state index contributed by atoms with van der Waals surface area (Å²) in [4.78, 5) is 20.1. The smallest absolute Gasteiger partial charge is 0.223 e. The van der Waals surface area contributed by atoms with Crippen molar-refractivity contribution in [3.8, 4) is 11.5 Å². The van der Waals surface area contributed by atoms with Crippen LogP contribution in [0.3, 0.4) is 0 Å². The van der Waals surface area contributed by atoms with E-state index in [0.717, 1.165) is 22.9 Å². The number of rotatable bonds is 6. The molecule has 3 aromatic rings. The van der Waals surface area contributed by atoms with Crippen LogP contribution < -0.4 is 15.8 Å². The minimum atomic E-state index is -0.419. The summed E-state index contributed by atoms with van der Waals surface area (Å²) in [6.07, 6.45) is 6.57. The van der Waals surface area contributed by atoms with Crippen molar-refractivity contribution in [2.24, 2.45) is 24.1 Å². The number of ether oxygens (including phenoxy) is 1. The largest absolute Gasteiger partial charge is 0.457 e. The van der Waals surface area contributed by atoms with Crippen molar-refractivity contribution in [3.63, 3.8) is 0 Å². The Hall–Kier alpha value is -3.09. The third-order valence-electron chi connectivity index (χ3n) is 6.52. The Bertz CT molecular complexity index is 1110. The van der Waals surface area contributed by atoms with Crippen LogP contribution in [0, 0.1) is 11.3 Å². The number of primary amides is 1. The molecule has 1 aliphatic rings. The van der Waals surface area contributed by atoms with Crippen molar-refractivity contribution in [1.29, 1.82) is 0 Å². The normalized spacial score (nSPS) is 19.1. The van der Waals surface area contributed by atoms with E-state index in [-0.39, 0.29) is 6.42 Å². The van der Waals surface area contributed by atoms with Crippen LogP contribution in [0.1, 0.15) is 52.1 Å². The van der Waals surface area contributed by atoms with E-state index in [9.17, 15) is 4.79 Å². The molecule has 4 rings (SSSR count). The Morgan fingerprint density at radius 2 is 1.88 bits per heavy atom. The number of carbonyl (C=O) groups is 1. The summed E-state index contributed by atoms with van der Waals surface area (Å²) in [6, 6.07) is 9.82. The van der Waals surface area contributed by atoms with Crippen LogP contribution in [-0.4, -0.2) is 26.5 Å². The van der Waals surface area contributed by atoms with Crippen LogP contribution >= 0.6 is 0 Å². The highest BCUT2D eigenvalue weighted by molar-refractivity contribution is 5.80. The molecule has 32 heavy (non-hydrogen) atoms. The van der Waals surface area contributed by atoms with Crippen LogP contribution in [0.4, 0.5) is 5.95 Å². The molecule has 7 nitrogen and oxygen atoms in total. The average molecular weight is 436 g/mol. The zero-order valence-electron chi connectivity index (χ0n) is 19.4. The molecule has 0 unspecified atom stereocenters. The number of benzene rings is 1. The highest BCUT2D eigenvalue weighted by Gasteiger charge is 2.30. The van der Waals surface area contributed by atoms with Crippen molar-refractivity contribution in [3.05, 3.63) is 42.2 Å². The Morgan fingerprint density at radius 3 is 2.56 bits per heavy atom. The molecule has 7 heteroatoms. The number of carbonyl (C=O) groups excluding carboxylic acids is 1. The van der Waals surface area contributed by atoms with Crippen molar-refractivity contribution in [2.75, 3.05) is 5.32 Å². The van der Waals surface area contributed by atoms with Crippen LogP contribution in [0.2, 0.25) is 0 Å². The summed E-state index contributed by atoms with van der Waals surface area (Å²) in [5.41, 5.74) is 8.16. The zero-order valence-corrected chi connectivity index (χ0v) is 19.4. The second kappa shape index (κ2) is 8.81. The predicted octanol–water partition coefficient (Wildman–Crippen LogP) is 4.81. The number of imidazole rings is 1. The molecule has 0 atom stereocenters. The van der Waals surface area contributed by atoms with Crippen molar-refractivity contribution >= 4 is 22.9 Å². The van der Waals surface area contributed by atoms with E-state index in [1.165, 1.54) is 25.7 Å². The topological polar surface area (TPSA) is 95.1 Å². The van der Waals surface area contributed by atoms with Gasteiger partial charge >= 0.3 is 0 Å². The zero-order chi connectivity index (χ0) is 22.9. The fraction of sp³-hybridized carbons (Fsp3) is 0.480. The minimum Gasteiger partial charge on any atom is -0.457 e. The molecular weight excluding hydrogens is 402 g/mol. The molecule has 0 radical (unpaired) electrons. The van der Waals surface area contributed by atoms with E-state index in [1.54, 1.807) is 18.3 Å². The number of aromatic nitrogens is 3. The second-order valence-corrected chi connectivity index (χ2v) is 9.93. The summed E-state index contributed by atoms with van der Waals surface area (Å²) in [5, 5.41) is 3.66.